The lowest BCUT2D eigenvalue weighted by Gasteiger charge is -1.90. The molecule has 0 aliphatic heterocycles. The van der Waals surface area contributed by atoms with Crippen molar-refractivity contribution in [3.8, 4) is 0 Å². The van der Waals surface area contributed by atoms with E-state index in [0.717, 1.165) is 0 Å². The Kier molecular flexibility index (Phi) is 21.0. The summed E-state index contributed by atoms with van der Waals surface area (Å²) in [5.74, 6) is 0. The Morgan fingerprint density at radius 3 is 1.43 bits per heavy atom. The third-order valence-electron chi connectivity index (χ3n) is 0.365. The largest absolute Gasteiger partial charge is 0.368 e. The highest BCUT2D eigenvalue weighted by Gasteiger charge is 1.83. The normalized spacial score (nSPS) is 6.86. The van der Waals surface area contributed by atoms with E-state index >= 15 is 0 Å². The van der Waals surface area contributed by atoms with Crippen molar-refractivity contribution in [2.45, 2.75) is 34.5 Å². The molecule has 0 spiro atoms. The standard InChI is InChI=1S/C3H8O2.2CH4/c1-2-3(4)5;;/h3-5H,2H2,1H3;2*1H4. The molecule has 0 saturated carbocycles. The van der Waals surface area contributed by atoms with Gasteiger partial charge in [-0.1, -0.05) is 21.8 Å². The second-order valence-corrected chi connectivity index (χ2v) is 0.889. The van der Waals surface area contributed by atoms with Crippen molar-refractivity contribution >= 4 is 0 Å². The molecule has 0 aromatic heterocycles. The summed E-state index contributed by atoms with van der Waals surface area (Å²) in [6, 6.07) is 0. The zero-order valence-electron chi connectivity index (χ0n) is 3.18. The second-order valence-electron chi connectivity index (χ2n) is 0.889. The molecular weight excluding hydrogens is 92.1 g/mol. The van der Waals surface area contributed by atoms with Gasteiger partial charge in [0.25, 0.3) is 0 Å². The van der Waals surface area contributed by atoms with Crippen molar-refractivity contribution < 1.29 is 10.2 Å². The molecule has 0 heterocycles. The van der Waals surface area contributed by atoms with E-state index < -0.39 is 6.29 Å². The van der Waals surface area contributed by atoms with Crippen LogP contribution in [0.1, 0.15) is 28.2 Å². The summed E-state index contributed by atoms with van der Waals surface area (Å²) < 4.78 is 0. The van der Waals surface area contributed by atoms with Crippen molar-refractivity contribution in [3.63, 3.8) is 0 Å². The van der Waals surface area contributed by atoms with Crippen LogP contribution >= 0.6 is 0 Å². The molecule has 0 radical (unpaired) electrons. The van der Waals surface area contributed by atoms with Crippen LogP contribution in [0.4, 0.5) is 0 Å². The predicted molar refractivity (Wildman–Crippen MR) is 32.0 cm³/mol. The summed E-state index contributed by atoms with van der Waals surface area (Å²) in [6.07, 6.45) is -0.699. The van der Waals surface area contributed by atoms with Crippen LogP contribution in [0.2, 0.25) is 0 Å². The molecule has 7 heavy (non-hydrogen) atoms. The molecule has 0 aliphatic carbocycles. The zero-order valence-corrected chi connectivity index (χ0v) is 3.18. The number of hydrogen-bond donors (Lipinski definition) is 2. The Morgan fingerprint density at radius 2 is 1.43 bits per heavy atom. The lowest BCUT2D eigenvalue weighted by molar-refractivity contribution is -0.0413. The minimum absolute atomic E-state index is 0. The maximum atomic E-state index is 7.92. The Labute approximate surface area is 45.8 Å². The number of aliphatic hydroxyl groups is 2. The van der Waals surface area contributed by atoms with Crippen LogP contribution in [0, 0.1) is 0 Å². The van der Waals surface area contributed by atoms with Gasteiger partial charge in [0.15, 0.2) is 6.29 Å². The lowest BCUT2D eigenvalue weighted by atomic mass is 10.5. The molecule has 2 N–H and O–H groups in total. The average molecular weight is 108 g/mol. The van der Waals surface area contributed by atoms with Gasteiger partial charge in [-0.2, -0.15) is 0 Å². The van der Waals surface area contributed by atoms with Gasteiger partial charge in [0.05, 0.1) is 0 Å². The fourth-order valence-electron chi connectivity index (χ4n) is 0. The van der Waals surface area contributed by atoms with Crippen LogP contribution in [-0.4, -0.2) is 16.5 Å². The van der Waals surface area contributed by atoms with E-state index in [1.165, 1.54) is 0 Å². The second kappa shape index (κ2) is 9.33. The van der Waals surface area contributed by atoms with E-state index in [2.05, 4.69) is 0 Å². The van der Waals surface area contributed by atoms with E-state index in [0.29, 0.717) is 6.42 Å². The maximum Gasteiger partial charge on any atom is 0.151 e. The van der Waals surface area contributed by atoms with Gasteiger partial charge in [0.1, 0.15) is 0 Å². The summed E-state index contributed by atoms with van der Waals surface area (Å²) in [6.45, 7) is 1.70. The van der Waals surface area contributed by atoms with Crippen molar-refractivity contribution in [2.24, 2.45) is 0 Å². The molecule has 0 unspecified atom stereocenters. The minimum atomic E-state index is -1.12. The van der Waals surface area contributed by atoms with Gasteiger partial charge in [-0.25, -0.2) is 0 Å². The van der Waals surface area contributed by atoms with E-state index in [4.69, 9.17) is 10.2 Å². The van der Waals surface area contributed by atoms with Crippen molar-refractivity contribution in [3.05, 3.63) is 0 Å². The molecule has 0 rings (SSSR count). The first-order chi connectivity index (χ1) is 2.27. The van der Waals surface area contributed by atoms with E-state index in [1.54, 1.807) is 6.92 Å². The van der Waals surface area contributed by atoms with E-state index in [9.17, 15) is 0 Å². The van der Waals surface area contributed by atoms with Gasteiger partial charge < -0.3 is 10.2 Å². The van der Waals surface area contributed by atoms with Crippen molar-refractivity contribution in [1.29, 1.82) is 0 Å². The van der Waals surface area contributed by atoms with Gasteiger partial charge in [-0.15, -0.1) is 0 Å². The molecule has 2 nitrogen and oxygen atoms in total. The summed E-state index contributed by atoms with van der Waals surface area (Å²) in [5, 5.41) is 15.8. The first kappa shape index (κ1) is 15.8. The van der Waals surface area contributed by atoms with Crippen LogP contribution in [-0.2, 0) is 0 Å². The maximum absolute atomic E-state index is 7.92. The van der Waals surface area contributed by atoms with Crippen molar-refractivity contribution in [2.75, 3.05) is 0 Å². The predicted octanol–water partition coefficient (Wildman–Crippen LogP) is 0.979. The van der Waals surface area contributed by atoms with Crippen LogP contribution in [0.25, 0.3) is 0 Å². The monoisotopic (exact) mass is 108 g/mol. The average Bonchev–Trinajstić information content (AvgIpc) is 1.38. The molecule has 0 atom stereocenters. The van der Waals surface area contributed by atoms with Gasteiger partial charge in [0.2, 0.25) is 0 Å². The molecule has 2 heteroatoms. The number of rotatable bonds is 1. The molecule has 0 amide bonds. The molecular formula is C5H16O2. The van der Waals surface area contributed by atoms with Gasteiger partial charge in [-0.3, -0.25) is 0 Å². The zero-order chi connectivity index (χ0) is 4.28. The Hall–Kier alpha value is -0.0800. The molecule has 0 saturated heterocycles. The topological polar surface area (TPSA) is 40.5 Å². The lowest BCUT2D eigenvalue weighted by Crippen LogP contribution is -1.99. The van der Waals surface area contributed by atoms with Gasteiger partial charge >= 0.3 is 0 Å². The van der Waals surface area contributed by atoms with Crippen molar-refractivity contribution in [1.82, 2.24) is 0 Å². The smallest absolute Gasteiger partial charge is 0.151 e. The van der Waals surface area contributed by atoms with E-state index in [1.807, 2.05) is 0 Å². The summed E-state index contributed by atoms with van der Waals surface area (Å²) in [7, 11) is 0. The summed E-state index contributed by atoms with van der Waals surface area (Å²) in [5.41, 5.74) is 0. The molecule has 0 aromatic rings. The molecule has 0 aromatic carbocycles. The number of aliphatic hydroxyl groups excluding tert-OH is 1. The number of hydrogen-bond acceptors (Lipinski definition) is 2. The highest BCUT2D eigenvalue weighted by atomic mass is 16.5. The quantitative estimate of drug-likeness (QED) is 0.491. The van der Waals surface area contributed by atoms with Gasteiger partial charge in [-0.05, 0) is 6.42 Å². The fourth-order valence-corrected chi connectivity index (χ4v) is 0. The third kappa shape index (κ3) is 24.7. The highest BCUT2D eigenvalue weighted by molar-refractivity contribution is 4.21. The highest BCUT2D eigenvalue weighted by Crippen LogP contribution is 1.77. The SMILES string of the molecule is C.C.CCC(O)O. The van der Waals surface area contributed by atoms with Gasteiger partial charge in [0, 0.05) is 0 Å². The van der Waals surface area contributed by atoms with Crippen LogP contribution in [0.15, 0.2) is 0 Å². The molecule has 0 fully saturated rings. The molecule has 0 aliphatic rings. The Balaban J connectivity index is -0.0000000800. The first-order valence-corrected chi connectivity index (χ1v) is 1.63. The fraction of sp³-hybridized carbons (Fsp3) is 1.00. The minimum Gasteiger partial charge on any atom is -0.368 e. The van der Waals surface area contributed by atoms with Crippen LogP contribution in [0.3, 0.4) is 0 Å². The summed E-state index contributed by atoms with van der Waals surface area (Å²) in [4.78, 5) is 0. The molecule has 48 valence electrons. The summed E-state index contributed by atoms with van der Waals surface area (Å²) >= 11 is 0. The Morgan fingerprint density at radius 1 is 1.29 bits per heavy atom. The van der Waals surface area contributed by atoms with Crippen LogP contribution < -0.4 is 0 Å². The Bertz CT molecular complexity index is 20.0. The van der Waals surface area contributed by atoms with Crippen LogP contribution in [0.5, 0.6) is 0 Å². The van der Waals surface area contributed by atoms with E-state index in [-0.39, 0.29) is 14.9 Å². The first-order valence-electron chi connectivity index (χ1n) is 1.63. The third-order valence-corrected chi connectivity index (χ3v) is 0.365. The molecule has 0 bridgehead atoms.